The van der Waals surface area contributed by atoms with Crippen LogP contribution in [0.4, 0.5) is 10.5 Å². The van der Waals surface area contributed by atoms with E-state index in [1.165, 1.54) is 30.4 Å². The minimum Gasteiger partial charge on any atom is -0.444 e. The van der Waals surface area contributed by atoms with E-state index in [1.807, 2.05) is 26.8 Å². The van der Waals surface area contributed by atoms with Crippen molar-refractivity contribution in [2.75, 3.05) is 11.9 Å². The van der Waals surface area contributed by atoms with Crippen molar-refractivity contribution in [2.24, 2.45) is 0 Å². The van der Waals surface area contributed by atoms with Crippen LogP contribution in [0.5, 0.6) is 0 Å². The summed E-state index contributed by atoms with van der Waals surface area (Å²) in [5, 5.41) is 6.43. The smallest absolute Gasteiger partial charge is 0.412 e. The van der Waals surface area contributed by atoms with Gasteiger partial charge in [0.25, 0.3) is 0 Å². The maximum atomic E-state index is 11.8. The summed E-state index contributed by atoms with van der Waals surface area (Å²) in [6, 6.07) is 6.24. The van der Waals surface area contributed by atoms with E-state index in [2.05, 4.69) is 22.8 Å². The largest absolute Gasteiger partial charge is 0.444 e. The molecule has 21 heavy (non-hydrogen) atoms. The van der Waals surface area contributed by atoms with E-state index >= 15 is 0 Å². The number of aryl methyl sites for hydroxylation is 1. The van der Waals surface area contributed by atoms with Gasteiger partial charge in [-0.25, -0.2) is 4.79 Å². The van der Waals surface area contributed by atoms with E-state index in [-0.39, 0.29) is 5.54 Å². The van der Waals surface area contributed by atoms with E-state index in [1.54, 1.807) is 0 Å². The number of carbonyl (C=O) groups is 1. The fourth-order valence-electron chi connectivity index (χ4n) is 3.35. The maximum absolute atomic E-state index is 11.8. The molecule has 1 heterocycles. The van der Waals surface area contributed by atoms with Gasteiger partial charge in [0.1, 0.15) is 5.60 Å². The average molecular weight is 288 g/mol. The standard InChI is InChI=1S/C17H24N2O2/c1-16(2,3)21-15(20)19-13-6-7-14-12(11-13)5-4-8-17(14)9-10-18-17/h6-7,11,18H,4-5,8-10H2,1-3H3,(H,19,20)/t17-/m1/s1. The minimum atomic E-state index is -0.474. The molecule has 0 unspecified atom stereocenters. The summed E-state index contributed by atoms with van der Waals surface area (Å²) < 4.78 is 5.30. The first-order chi connectivity index (χ1) is 9.88. The number of amides is 1. The van der Waals surface area contributed by atoms with Gasteiger partial charge in [-0.2, -0.15) is 0 Å². The summed E-state index contributed by atoms with van der Waals surface area (Å²) in [7, 11) is 0. The molecule has 1 aromatic carbocycles. The monoisotopic (exact) mass is 288 g/mol. The van der Waals surface area contributed by atoms with Crippen LogP contribution in [0.25, 0.3) is 0 Å². The number of carbonyl (C=O) groups excluding carboxylic acids is 1. The van der Waals surface area contributed by atoms with E-state index in [4.69, 9.17) is 4.74 Å². The molecule has 2 N–H and O–H groups in total. The molecule has 1 amide bonds. The number of nitrogens with one attached hydrogen (secondary N) is 2. The van der Waals surface area contributed by atoms with Gasteiger partial charge in [-0.3, -0.25) is 5.32 Å². The lowest BCUT2D eigenvalue weighted by Gasteiger charge is -2.47. The molecule has 1 atom stereocenters. The van der Waals surface area contributed by atoms with Crippen LogP contribution < -0.4 is 10.6 Å². The Balaban J connectivity index is 1.76. The molecule has 2 aliphatic rings. The Morgan fingerprint density at radius 3 is 2.71 bits per heavy atom. The Morgan fingerprint density at radius 1 is 1.33 bits per heavy atom. The van der Waals surface area contributed by atoms with Gasteiger partial charge in [-0.15, -0.1) is 0 Å². The molecule has 1 spiro atoms. The summed E-state index contributed by atoms with van der Waals surface area (Å²) >= 11 is 0. The second-order valence-electron chi connectivity index (χ2n) is 7.11. The van der Waals surface area contributed by atoms with Gasteiger partial charge in [0.2, 0.25) is 0 Å². The number of anilines is 1. The van der Waals surface area contributed by atoms with Crippen LogP contribution in [0.2, 0.25) is 0 Å². The Labute approximate surface area is 126 Å². The van der Waals surface area contributed by atoms with Gasteiger partial charge in [0.15, 0.2) is 0 Å². The van der Waals surface area contributed by atoms with Crippen molar-refractivity contribution in [3.8, 4) is 0 Å². The number of benzene rings is 1. The van der Waals surface area contributed by atoms with Crippen LogP contribution in [0.15, 0.2) is 18.2 Å². The normalized spacial score (nSPS) is 24.1. The fraction of sp³-hybridized carbons (Fsp3) is 0.588. The molecule has 4 nitrogen and oxygen atoms in total. The molecule has 0 aromatic heterocycles. The van der Waals surface area contributed by atoms with E-state index in [0.717, 1.165) is 18.7 Å². The second-order valence-corrected chi connectivity index (χ2v) is 7.11. The van der Waals surface area contributed by atoms with Crippen LogP contribution in [0, 0.1) is 0 Å². The van der Waals surface area contributed by atoms with Crippen molar-refractivity contribution < 1.29 is 9.53 Å². The first-order valence-electron chi connectivity index (χ1n) is 7.76. The molecular weight excluding hydrogens is 264 g/mol. The molecule has 3 rings (SSSR count). The van der Waals surface area contributed by atoms with E-state index in [0.29, 0.717) is 0 Å². The van der Waals surface area contributed by atoms with Gasteiger partial charge in [-0.05, 0) is 76.3 Å². The molecule has 1 aliphatic heterocycles. The molecule has 1 fully saturated rings. The Hall–Kier alpha value is -1.55. The van der Waals surface area contributed by atoms with E-state index in [9.17, 15) is 4.79 Å². The van der Waals surface area contributed by atoms with Crippen molar-refractivity contribution in [3.05, 3.63) is 29.3 Å². The Kier molecular flexibility index (Phi) is 3.44. The molecule has 4 heteroatoms. The first-order valence-corrected chi connectivity index (χ1v) is 7.76. The summed E-state index contributed by atoms with van der Waals surface area (Å²) in [5.41, 5.74) is 3.31. The predicted octanol–water partition coefficient (Wildman–Crippen LogP) is 3.56. The molecule has 0 radical (unpaired) electrons. The number of fused-ring (bicyclic) bond motifs is 2. The molecule has 0 bridgehead atoms. The predicted molar refractivity (Wildman–Crippen MR) is 83.5 cm³/mol. The SMILES string of the molecule is CC(C)(C)OC(=O)Nc1ccc2c(c1)CCC[C@@]21CCN1. The zero-order chi connectivity index (χ0) is 15.1. The van der Waals surface area contributed by atoms with Crippen LogP contribution in [0.3, 0.4) is 0 Å². The van der Waals surface area contributed by atoms with Crippen LogP contribution in [0.1, 0.15) is 51.2 Å². The van der Waals surface area contributed by atoms with Crippen molar-refractivity contribution >= 4 is 11.8 Å². The average Bonchev–Trinajstić information content (AvgIpc) is 2.33. The minimum absolute atomic E-state index is 0.206. The molecule has 1 aromatic rings. The number of rotatable bonds is 1. The van der Waals surface area contributed by atoms with Crippen molar-refractivity contribution in [1.29, 1.82) is 0 Å². The number of ether oxygens (including phenoxy) is 1. The fourth-order valence-corrected chi connectivity index (χ4v) is 3.35. The lowest BCUT2D eigenvalue weighted by atomic mass is 9.71. The third-order valence-corrected chi connectivity index (χ3v) is 4.33. The summed E-state index contributed by atoms with van der Waals surface area (Å²) in [5.74, 6) is 0. The highest BCUT2D eigenvalue weighted by atomic mass is 16.6. The van der Waals surface area contributed by atoms with E-state index < -0.39 is 11.7 Å². The third-order valence-electron chi connectivity index (χ3n) is 4.33. The maximum Gasteiger partial charge on any atom is 0.412 e. The molecule has 1 saturated heterocycles. The summed E-state index contributed by atoms with van der Waals surface area (Å²) in [4.78, 5) is 11.8. The molecular formula is C17H24N2O2. The molecule has 1 aliphatic carbocycles. The quantitative estimate of drug-likeness (QED) is 0.830. The zero-order valence-corrected chi connectivity index (χ0v) is 13.1. The Bertz CT molecular complexity index is 556. The second kappa shape index (κ2) is 5.02. The molecule has 114 valence electrons. The lowest BCUT2D eigenvalue weighted by Crippen LogP contribution is -2.55. The highest BCUT2D eigenvalue weighted by Crippen LogP contribution is 2.42. The van der Waals surface area contributed by atoms with Gasteiger partial charge < -0.3 is 10.1 Å². The topological polar surface area (TPSA) is 50.4 Å². The Morgan fingerprint density at radius 2 is 2.10 bits per heavy atom. The lowest BCUT2D eigenvalue weighted by molar-refractivity contribution is 0.0636. The first kappa shape index (κ1) is 14.4. The van der Waals surface area contributed by atoms with Gasteiger partial charge in [-0.1, -0.05) is 6.07 Å². The van der Waals surface area contributed by atoms with Gasteiger partial charge in [0.05, 0.1) is 0 Å². The molecule has 0 saturated carbocycles. The van der Waals surface area contributed by atoms with Crippen molar-refractivity contribution in [2.45, 2.75) is 57.6 Å². The zero-order valence-electron chi connectivity index (χ0n) is 13.1. The van der Waals surface area contributed by atoms with Gasteiger partial charge >= 0.3 is 6.09 Å². The van der Waals surface area contributed by atoms with Gasteiger partial charge in [0, 0.05) is 11.2 Å². The van der Waals surface area contributed by atoms with Crippen molar-refractivity contribution in [1.82, 2.24) is 5.32 Å². The summed E-state index contributed by atoms with van der Waals surface area (Å²) in [6.07, 6.45) is 4.34. The highest BCUT2D eigenvalue weighted by Gasteiger charge is 2.41. The third kappa shape index (κ3) is 2.91. The highest BCUT2D eigenvalue weighted by molar-refractivity contribution is 5.85. The summed E-state index contributed by atoms with van der Waals surface area (Å²) in [6.45, 7) is 6.71. The van der Waals surface area contributed by atoms with Crippen LogP contribution >= 0.6 is 0 Å². The number of hydrogen-bond acceptors (Lipinski definition) is 3. The van der Waals surface area contributed by atoms with Crippen molar-refractivity contribution in [3.63, 3.8) is 0 Å². The van der Waals surface area contributed by atoms with Crippen LogP contribution in [-0.2, 0) is 16.7 Å². The van der Waals surface area contributed by atoms with Crippen LogP contribution in [-0.4, -0.2) is 18.2 Å². The number of hydrogen-bond donors (Lipinski definition) is 2.